The predicted octanol–water partition coefficient (Wildman–Crippen LogP) is 3.13. The Kier molecular flexibility index (Phi) is 7.33. The summed E-state index contributed by atoms with van der Waals surface area (Å²) < 4.78 is 0. The van der Waals surface area contributed by atoms with Gasteiger partial charge in [0, 0.05) is 32.6 Å². The number of amides is 1. The second-order valence-electron chi connectivity index (χ2n) is 6.41. The molecule has 1 aliphatic heterocycles. The van der Waals surface area contributed by atoms with E-state index in [1.807, 2.05) is 12.1 Å². The molecular formula is C18H30N4O. The normalized spacial score (nSPS) is 15.7. The van der Waals surface area contributed by atoms with E-state index in [1.165, 1.54) is 19.3 Å². The van der Waals surface area contributed by atoms with E-state index < -0.39 is 0 Å². The highest BCUT2D eigenvalue weighted by molar-refractivity contribution is 5.90. The first-order valence-corrected chi connectivity index (χ1v) is 8.88. The molecule has 0 radical (unpaired) electrons. The van der Waals surface area contributed by atoms with Crippen molar-refractivity contribution >= 4 is 17.4 Å². The quantitative estimate of drug-likeness (QED) is 0.748. The third-order valence-electron chi connectivity index (χ3n) is 4.37. The number of piperazine rings is 1. The number of hydrogen-bond donors (Lipinski definition) is 1. The number of hydrogen-bond acceptors (Lipinski definition) is 4. The number of carbonyl (C=O) groups excluding carboxylic acids is 1. The van der Waals surface area contributed by atoms with Crippen molar-refractivity contribution in [1.29, 1.82) is 0 Å². The lowest BCUT2D eigenvalue weighted by Crippen LogP contribution is -2.44. The highest BCUT2D eigenvalue weighted by Crippen LogP contribution is 2.16. The fraction of sp³-hybridized carbons (Fsp3) is 0.667. The number of anilines is 2. The molecule has 1 aliphatic rings. The van der Waals surface area contributed by atoms with Gasteiger partial charge in [-0.2, -0.15) is 0 Å². The molecule has 0 spiro atoms. The first-order valence-electron chi connectivity index (χ1n) is 8.88. The fourth-order valence-electron chi connectivity index (χ4n) is 2.80. The SMILES string of the molecule is CCCCCCCC(=O)Nc1ccc(N2CCN(C)CC2)nc1. The van der Waals surface area contributed by atoms with Crippen molar-refractivity contribution in [3.05, 3.63) is 18.3 Å². The number of aromatic nitrogens is 1. The van der Waals surface area contributed by atoms with Gasteiger partial charge in [-0.05, 0) is 25.6 Å². The molecule has 5 heteroatoms. The van der Waals surface area contributed by atoms with E-state index in [-0.39, 0.29) is 5.91 Å². The molecule has 23 heavy (non-hydrogen) atoms. The van der Waals surface area contributed by atoms with Crippen LogP contribution in [0.2, 0.25) is 0 Å². The fourth-order valence-corrected chi connectivity index (χ4v) is 2.80. The van der Waals surface area contributed by atoms with Crippen LogP contribution < -0.4 is 10.2 Å². The number of carbonyl (C=O) groups is 1. The summed E-state index contributed by atoms with van der Waals surface area (Å²) >= 11 is 0. The van der Waals surface area contributed by atoms with E-state index in [9.17, 15) is 4.79 Å². The zero-order valence-corrected chi connectivity index (χ0v) is 14.6. The summed E-state index contributed by atoms with van der Waals surface area (Å²) in [6, 6.07) is 3.96. The molecule has 5 nitrogen and oxygen atoms in total. The summed E-state index contributed by atoms with van der Waals surface area (Å²) in [5.74, 6) is 1.09. The minimum Gasteiger partial charge on any atom is -0.354 e. The van der Waals surface area contributed by atoms with Crippen molar-refractivity contribution in [2.75, 3.05) is 43.4 Å². The molecule has 2 rings (SSSR count). The average Bonchev–Trinajstić information content (AvgIpc) is 2.56. The molecule has 0 saturated carbocycles. The van der Waals surface area contributed by atoms with Crippen molar-refractivity contribution in [2.24, 2.45) is 0 Å². The lowest BCUT2D eigenvalue weighted by atomic mass is 10.1. The Bertz CT molecular complexity index is 466. The summed E-state index contributed by atoms with van der Waals surface area (Å²) in [6.45, 7) is 6.35. The average molecular weight is 318 g/mol. The number of unbranched alkanes of at least 4 members (excludes halogenated alkanes) is 4. The predicted molar refractivity (Wildman–Crippen MR) is 96.0 cm³/mol. The lowest BCUT2D eigenvalue weighted by Gasteiger charge is -2.33. The molecule has 1 N–H and O–H groups in total. The minimum atomic E-state index is 0.0932. The van der Waals surface area contributed by atoms with Crippen LogP contribution in [0, 0.1) is 0 Å². The third kappa shape index (κ3) is 6.18. The monoisotopic (exact) mass is 318 g/mol. The Labute approximate surface area is 140 Å². The van der Waals surface area contributed by atoms with E-state index in [0.29, 0.717) is 6.42 Å². The van der Waals surface area contributed by atoms with Gasteiger partial charge in [-0.1, -0.05) is 32.6 Å². The van der Waals surface area contributed by atoms with Gasteiger partial charge in [0.1, 0.15) is 5.82 Å². The topological polar surface area (TPSA) is 48.5 Å². The van der Waals surface area contributed by atoms with Gasteiger partial charge in [-0.25, -0.2) is 4.98 Å². The summed E-state index contributed by atoms with van der Waals surface area (Å²) in [6.07, 6.45) is 8.20. The molecule has 2 heterocycles. The van der Waals surface area contributed by atoms with E-state index >= 15 is 0 Å². The maximum atomic E-state index is 11.9. The Morgan fingerprint density at radius 1 is 1.13 bits per heavy atom. The van der Waals surface area contributed by atoms with Gasteiger partial charge < -0.3 is 15.1 Å². The van der Waals surface area contributed by atoms with Crippen LogP contribution >= 0.6 is 0 Å². The van der Waals surface area contributed by atoms with Gasteiger partial charge in [-0.3, -0.25) is 4.79 Å². The number of nitrogens with one attached hydrogen (secondary N) is 1. The molecule has 1 saturated heterocycles. The molecule has 0 atom stereocenters. The van der Waals surface area contributed by atoms with Crippen LogP contribution in [-0.4, -0.2) is 49.0 Å². The standard InChI is InChI=1S/C18H30N4O/c1-3-4-5-6-7-8-18(23)20-16-9-10-17(19-15-16)22-13-11-21(2)12-14-22/h9-10,15H,3-8,11-14H2,1-2H3,(H,20,23). The van der Waals surface area contributed by atoms with Crippen LogP contribution in [0.1, 0.15) is 45.4 Å². The van der Waals surface area contributed by atoms with Crippen molar-refractivity contribution < 1.29 is 4.79 Å². The molecule has 0 aliphatic carbocycles. The van der Waals surface area contributed by atoms with Crippen molar-refractivity contribution in [3.8, 4) is 0 Å². The summed E-state index contributed by atoms with van der Waals surface area (Å²) in [5.41, 5.74) is 0.793. The van der Waals surface area contributed by atoms with E-state index in [4.69, 9.17) is 0 Å². The zero-order chi connectivity index (χ0) is 16.5. The second kappa shape index (κ2) is 9.50. The number of nitrogens with zero attached hydrogens (tertiary/aromatic N) is 3. The van der Waals surface area contributed by atoms with Crippen LogP contribution in [0.25, 0.3) is 0 Å². The smallest absolute Gasteiger partial charge is 0.224 e. The molecule has 0 aromatic carbocycles. The summed E-state index contributed by atoms with van der Waals surface area (Å²) in [5, 5.41) is 2.94. The maximum absolute atomic E-state index is 11.9. The lowest BCUT2D eigenvalue weighted by molar-refractivity contribution is -0.116. The first-order chi connectivity index (χ1) is 11.2. The minimum absolute atomic E-state index is 0.0932. The molecule has 1 aromatic rings. The molecule has 1 aromatic heterocycles. The molecule has 0 unspecified atom stereocenters. The van der Waals surface area contributed by atoms with E-state index in [2.05, 4.69) is 34.1 Å². The summed E-state index contributed by atoms with van der Waals surface area (Å²) in [7, 11) is 2.14. The molecule has 128 valence electrons. The Morgan fingerprint density at radius 2 is 1.87 bits per heavy atom. The van der Waals surface area contributed by atoms with Crippen molar-refractivity contribution in [3.63, 3.8) is 0 Å². The van der Waals surface area contributed by atoms with Crippen LogP contribution in [0.3, 0.4) is 0 Å². The maximum Gasteiger partial charge on any atom is 0.224 e. The van der Waals surface area contributed by atoms with Crippen molar-refractivity contribution in [1.82, 2.24) is 9.88 Å². The number of rotatable bonds is 8. The highest BCUT2D eigenvalue weighted by atomic mass is 16.1. The molecule has 1 fully saturated rings. The van der Waals surface area contributed by atoms with E-state index in [1.54, 1.807) is 6.20 Å². The van der Waals surface area contributed by atoms with Crippen LogP contribution in [0.15, 0.2) is 18.3 Å². The highest BCUT2D eigenvalue weighted by Gasteiger charge is 2.15. The van der Waals surface area contributed by atoms with Gasteiger partial charge in [0.25, 0.3) is 0 Å². The Balaban J connectivity index is 1.73. The second-order valence-corrected chi connectivity index (χ2v) is 6.41. The van der Waals surface area contributed by atoms with Crippen LogP contribution in [0.4, 0.5) is 11.5 Å². The van der Waals surface area contributed by atoms with Gasteiger partial charge in [0.2, 0.25) is 5.91 Å². The van der Waals surface area contributed by atoms with Gasteiger partial charge >= 0.3 is 0 Å². The third-order valence-corrected chi connectivity index (χ3v) is 4.37. The summed E-state index contributed by atoms with van der Waals surface area (Å²) in [4.78, 5) is 21.0. The number of likely N-dealkylation sites (N-methyl/N-ethyl adjacent to an activating group) is 1. The molecular weight excluding hydrogens is 288 g/mol. The van der Waals surface area contributed by atoms with Gasteiger partial charge in [0.05, 0.1) is 11.9 Å². The van der Waals surface area contributed by atoms with Crippen molar-refractivity contribution in [2.45, 2.75) is 45.4 Å². The van der Waals surface area contributed by atoms with Gasteiger partial charge in [0.15, 0.2) is 0 Å². The Morgan fingerprint density at radius 3 is 2.52 bits per heavy atom. The molecule has 1 amide bonds. The molecule has 0 bridgehead atoms. The van der Waals surface area contributed by atoms with Crippen LogP contribution in [-0.2, 0) is 4.79 Å². The van der Waals surface area contributed by atoms with Gasteiger partial charge in [-0.15, -0.1) is 0 Å². The zero-order valence-electron chi connectivity index (χ0n) is 14.6. The largest absolute Gasteiger partial charge is 0.354 e. The number of pyridine rings is 1. The first kappa shape index (κ1) is 17.7. The van der Waals surface area contributed by atoms with E-state index in [0.717, 1.165) is 50.5 Å². The van der Waals surface area contributed by atoms with Crippen LogP contribution in [0.5, 0.6) is 0 Å². The Hall–Kier alpha value is -1.62.